The lowest BCUT2D eigenvalue weighted by Crippen LogP contribution is -2.40. The topological polar surface area (TPSA) is 89.7 Å². The van der Waals surface area contributed by atoms with Crippen molar-refractivity contribution < 1.29 is 23.8 Å². The third-order valence-corrected chi connectivity index (χ3v) is 8.85. The second kappa shape index (κ2) is 7.24. The van der Waals surface area contributed by atoms with Crippen molar-refractivity contribution in [2.24, 2.45) is 11.3 Å². The summed E-state index contributed by atoms with van der Waals surface area (Å²) < 4.78 is 27.9. The van der Waals surface area contributed by atoms with Crippen LogP contribution >= 0.6 is 0 Å². The molecule has 1 unspecified atom stereocenters. The Morgan fingerprint density at radius 2 is 2.12 bits per heavy atom. The number of nitrogens with zero attached hydrogens (tertiary/aromatic N) is 4. The number of aliphatic hydroxyl groups is 1. The summed E-state index contributed by atoms with van der Waals surface area (Å²) in [7, 11) is 0. The second-order valence-electron chi connectivity index (χ2n) is 10.7. The van der Waals surface area contributed by atoms with Crippen LogP contribution in [0.5, 0.6) is 5.88 Å². The lowest BCUT2D eigenvalue weighted by molar-refractivity contribution is -0.0454. The minimum Gasteiger partial charge on any atom is -0.472 e. The number of aromatic nitrogens is 3. The smallest absolute Gasteiger partial charge is 0.274 e. The Balaban J connectivity index is 1.11. The van der Waals surface area contributed by atoms with Gasteiger partial charge in [0.25, 0.3) is 11.8 Å². The van der Waals surface area contributed by atoms with Gasteiger partial charge in [-0.2, -0.15) is 5.10 Å². The number of hydrogen-bond donors (Lipinski definition) is 1. The first-order valence-electron chi connectivity index (χ1n) is 12.4. The summed E-state index contributed by atoms with van der Waals surface area (Å²) in [6, 6.07) is 2.90. The fourth-order valence-corrected chi connectivity index (χ4v) is 6.88. The van der Waals surface area contributed by atoms with Crippen LogP contribution in [0.2, 0.25) is 0 Å². The van der Waals surface area contributed by atoms with Gasteiger partial charge in [0.15, 0.2) is 11.5 Å². The van der Waals surface area contributed by atoms with E-state index in [1.54, 1.807) is 6.07 Å². The Kier molecular flexibility index (Phi) is 4.43. The Morgan fingerprint density at radius 1 is 1.32 bits per heavy atom. The minimum absolute atomic E-state index is 0.00569. The number of piperidine rings is 1. The molecule has 2 saturated carbocycles. The molecule has 0 spiro atoms. The molecule has 2 aromatic rings. The van der Waals surface area contributed by atoms with Gasteiger partial charge in [-0.3, -0.25) is 9.48 Å². The quantitative estimate of drug-likeness (QED) is 0.725. The van der Waals surface area contributed by atoms with Crippen LogP contribution in [0.4, 0.5) is 4.39 Å². The average Bonchev–Trinajstić information content (AvgIpc) is 3.38. The number of carbonyl (C=O) groups is 1. The monoisotopic (exact) mass is 468 g/mol. The first-order valence-corrected chi connectivity index (χ1v) is 12.4. The van der Waals surface area contributed by atoms with Crippen molar-refractivity contribution in [3.05, 3.63) is 41.1 Å². The van der Waals surface area contributed by atoms with Crippen LogP contribution in [0.25, 0.3) is 0 Å². The molecule has 2 aromatic heterocycles. The molecule has 4 aliphatic carbocycles. The summed E-state index contributed by atoms with van der Waals surface area (Å²) in [5, 5.41) is 14.7. The van der Waals surface area contributed by atoms with E-state index in [-0.39, 0.29) is 30.1 Å². The molecule has 2 aliphatic heterocycles. The van der Waals surface area contributed by atoms with Crippen molar-refractivity contribution in [1.29, 1.82) is 0 Å². The van der Waals surface area contributed by atoms with E-state index in [0.717, 1.165) is 5.56 Å². The van der Waals surface area contributed by atoms with Gasteiger partial charge in [-0.1, -0.05) is 6.92 Å². The predicted molar refractivity (Wildman–Crippen MR) is 118 cm³/mol. The van der Waals surface area contributed by atoms with Crippen LogP contribution in [-0.4, -0.2) is 68.7 Å². The van der Waals surface area contributed by atoms with Gasteiger partial charge in [0.1, 0.15) is 6.10 Å². The standard InChI is InChI=1S/C25H29FN4O4/c1-25-18-17-21(24(32)29-8-4-13(31)5-9-29)28-30(22(17)20(25)19(18)25)12-15-11-14(6-10-33-15)34-23-16(26)3-2-7-27-23/h2-3,7,13-15,18-20,31H,4-6,8-12H2,1H3/t14-,15-,18+,19+,20?,25+/m1/s1. The van der Waals surface area contributed by atoms with Crippen LogP contribution in [0.1, 0.15) is 66.2 Å². The fourth-order valence-electron chi connectivity index (χ4n) is 6.88. The Hall–Kier alpha value is -2.52. The van der Waals surface area contributed by atoms with Gasteiger partial charge in [-0.05, 0) is 42.2 Å². The van der Waals surface area contributed by atoms with E-state index in [4.69, 9.17) is 14.6 Å². The van der Waals surface area contributed by atoms with Crippen molar-refractivity contribution >= 4 is 5.91 Å². The molecule has 8 rings (SSSR count). The molecule has 34 heavy (non-hydrogen) atoms. The minimum atomic E-state index is -0.459. The number of hydrogen-bond acceptors (Lipinski definition) is 6. The second-order valence-corrected chi connectivity index (χ2v) is 10.7. The number of pyridine rings is 1. The van der Waals surface area contributed by atoms with Crippen molar-refractivity contribution in [3.63, 3.8) is 0 Å². The molecule has 1 amide bonds. The number of halogens is 1. The molecular weight excluding hydrogens is 439 g/mol. The van der Waals surface area contributed by atoms with Crippen molar-refractivity contribution in [3.8, 4) is 5.88 Å². The first kappa shape index (κ1) is 20.8. The van der Waals surface area contributed by atoms with E-state index >= 15 is 0 Å². The lowest BCUT2D eigenvalue weighted by atomic mass is 10.0. The molecule has 1 N–H and O–H groups in total. The Bertz CT molecular complexity index is 1160. The van der Waals surface area contributed by atoms with Crippen molar-refractivity contribution in [2.75, 3.05) is 19.7 Å². The number of aliphatic hydroxyl groups excluding tert-OH is 1. The largest absolute Gasteiger partial charge is 0.472 e. The molecule has 2 bridgehead atoms. The van der Waals surface area contributed by atoms with Crippen molar-refractivity contribution in [2.45, 2.75) is 69.3 Å². The third kappa shape index (κ3) is 2.92. The molecule has 180 valence electrons. The normalized spacial score (nSPS) is 35.6. The van der Waals surface area contributed by atoms with Crippen LogP contribution in [0.3, 0.4) is 0 Å². The summed E-state index contributed by atoms with van der Waals surface area (Å²) in [6.07, 6.45) is 3.45. The van der Waals surface area contributed by atoms with E-state index in [0.29, 0.717) is 80.8 Å². The molecule has 0 radical (unpaired) electrons. The highest BCUT2D eigenvalue weighted by Crippen LogP contribution is 2.96. The predicted octanol–water partition coefficient (Wildman–Crippen LogP) is 2.47. The van der Waals surface area contributed by atoms with Crippen LogP contribution in [0, 0.1) is 17.2 Å². The maximum atomic E-state index is 14.0. The Morgan fingerprint density at radius 3 is 2.88 bits per heavy atom. The van der Waals surface area contributed by atoms with Crippen LogP contribution in [0.15, 0.2) is 18.3 Å². The fraction of sp³-hybridized carbons (Fsp3) is 0.640. The maximum absolute atomic E-state index is 14.0. The maximum Gasteiger partial charge on any atom is 0.274 e. The Labute approximate surface area is 197 Å². The van der Waals surface area contributed by atoms with Crippen LogP contribution in [-0.2, 0) is 11.3 Å². The number of carbonyl (C=O) groups excluding carboxylic acids is 1. The molecule has 9 heteroatoms. The zero-order chi connectivity index (χ0) is 23.2. The van der Waals surface area contributed by atoms with Gasteiger partial charge in [-0.15, -0.1) is 0 Å². The van der Waals surface area contributed by atoms with Crippen molar-refractivity contribution in [1.82, 2.24) is 19.7 Å². The zero-order valence-corrected chi connectivity index (χ0v) is 19.2. The summed E-state index contributed by atoms with van der Waals surface area (Å²) >= 11 is 0. The SMILES string of the molecule is C[C@]12C3c4c(c(C(=O)N5CCC(O)CC5)nn4C[C@H]4C[C@H](Oc5ncccc5F)CCO4)[C@H]1[C@@H]32. The molecule has 4 fully saturated rings. The van der Waals surface area contributed by atoms with Gasteiger partial charge in [0.2, 0.25) is 0 Å². The highest BCUT2D eigenvalue weighted by Gasteiger charge is 2.90. The van der Waals surface area contributed by atoms with Gasteiger partial charge >= 0.3 is 0 Å². The molecule has 2 saturated heterocycles. The van der Waals surface area contributed by atoms with E-state index < -0.39 is 5.82 Å². The molecular formula is C25H29FN4O4. The summed E-state index contributed by atoms with van der Waals surface area (Å²) in [6.45, 7) is 4.56. The first-order chi connectivity index (χ1) is 16.5. The van der Waals surface area contributed by atoms with Gasteiger partial charge in [0, 0.05) is 49.3 Å². The molecule has 6 atom stereocenters. The average molecular weight is 469 g/mol. The summed E-state index contributed by atoms with van der Waals surface area (Å²) in [5.41, 5.74) is 3.30. The number of likely N-dealkylation sites (tertiary alicyclic amines) is 1. The molecule has 0 aromatic carbocycles. The molecule has 4 heterocycles. The van der Waals surface area contributed by atoms with E-state index in [1.807, 2.05) is 9.58 Å². The number of amides is 1. The highest BCUT2D eigenvalue weighted by molar-refractivity contribution is 5.96. The van der Waals surface area contributed by atoms with Gasteiger partial charge in [0.05, 0.1) is 25.4 Å². The number of ether oxygens (including phenoxy) is 2. The lowest BCUT2D eigenvalue weighted by Gasteiger charge is -2.30. The third-order valence-electron chi connectivity index (χ3n) is 8.85. The summed E-state index contributed by atoms with van der Waals surface area (Å²) in [4.78, 5) is 19.3. The van der Waals surface area contributed by atoms with E-state index in [9.17, 15) is 14.3 Å². The summed E-state index contributed by atoms with van der Waals surface area (Å²) in [5.74, 6) is 1.20. The zero-order valence-electron chi connectivity index (χ0n) is 19.2. The van der Waals surface area contributed by atoms with E-state index in [1.165, 1.54) is 18.0 Å². The molecule has 6 aliphatic rings. The van der Waals surface area contributed by atoms with E-state index in [2.05, 4.69) is 11.9 Å². The highest BCUT2D eigenvalue weighted by atomic mass is 19.1. The number of rotatable bonds is 5. The molecule has 8 nitrogen and oxygen atoms in total. The van der Waals surface area contributed by atoms with Gasteiger partial charge in [-0.25, -0.2) is 9.37 Å². The van der Waals surface area contributed by atoms with Gasteiger partial charge < -0.3 is 19.5 Å². The van der Waals surface area contributed by atoms with Crippen LogP contribution < -0.4 is 4.74 Å².